The van der Waals surface area contributed by atoms with Gasteiger partial charge in [0.2, 0.25) is 46.1 Å². The molecule has 0 saturated heterocycles. The first-order valence-corrected chi connectivity index (χ1v) is 22.2. The van der Waals surface area contributed by atoms with Crippen LogP contribution >= 0.6 is 0 Å². The summed E-state index contributed by atoms with van der Waals surface area (Å²) in [5.74, 6) is -29.6. The number of esters is 2. The maximum atomic E-state index is 14.6. The second-order valence-corrected chi connectivity index (χ2v) is 17.4. The number of carbonyl (C=O) groups is 15. The van der Waals surface area contributed by atoms with Crippen LogP contribution in [0.25, 0.3) is 0 Å². The first-order chi connectivity index (χ1) is 33.2. The van der Waals surface area contributed by atoms with Crippen molar-refractivity contribution in [2.24, 2.45) is 34.8 Å². The van der Waals surface area contributed by atoms with E-state index in [4.69, 9.17) is 32.4 Å². The summed E-state index contributed by atoms with van der Waals surface area (Å²) in [6, 6.07) is -6.20. The van der Waals surface area contributed by atoms with Crippen LogP contribution in [-0.4, -0.2) is 171 Å². The number of ketones is 4. The van der Waals surface area contributed by atoms with E-state index in [1.165, 1.54) is 13.8 Å². The molecule has 0 heterocycles. The zero-order valence-corrected chi connectivity index (χ0v) is 39.7. The van der Waals surface area contributed by atoms with Gasteiger partial charge in [-0.2, -0.15) is 0 Å². The molecule has 29 heteroatoms. The highest BCUT2D eigenvalue weighted by Gasteiger charge is 2.66. The van der Waals surface area contributed by atoms with Crippen LogP contribution in [-0.2, 0) is 81.4 Å². The molecule has 72 heavy (non-hydrogen) atoms. The van der Waals surface area contributed by atoms with Gasteiger partial charge in [0.1, 0.15) is 17.6 Å². The van der Waals surface area contributed by atoms with Gasteiger partial charge in [-0.25, -0.2) is 28.8 Å². The fraction of sp³-hybridized carbons (Fsp3) is 0.651. The number of aliphatic carboxylic acids is 7. The highest BCUT2D eigenvalue weighted by atomic mass is 16.6. The molecule has 0 aliphatic carbocycles. The fourth-order valence-corrected chi connectivity index (χ4v) is 8.31. The van der Waals surface area contributed by atoms with Crippen molar-refractivity contribution in [1.29, 1.82) is 0 Å². The Balaban J connectivity index is 9.37. The number of nitrogens with zero attached hydrogens (tertiary/aromatic N) is 1. The summed E-state index contributed by atoms with van der Waals surface area (Å²) in [5.41, 5.74) is 12.4. The fourth-order valence-electron chi connectivity index (χ4n) is 8.31. The number of primary amides is 2. The molecule has 7 atom stereocenters. The monoisotopic (exact) mass is 1030 g/mol. The number of carbonyl (C=O) groups excluding carboxylic acids is 8. The van der Waals surface area contributed by atoms with Crippen LogP contribution in [0, 0.1) is 11.8 Å². The van der Waals surface area contributed by atoms with Crippen LogP contribution in [0.15, 0.2) is 0 Å². The van der Waals surface area contributed by atoms with Gasteiger partial charge in [-0.1, -0.05) is 13.8 Å². The lowest BCUT2D eigenvalue weighted by atomic mass is 9.63. The molecule has 0 fully saturated rings. The zero-order valence-electron chi connectivity index (χ0n) is 39.7. The second kappa shape index (κ2) is 29.2. The normalized spacial score (nSPS) is 15.4. The molecular weight excluding hydrogens is 970 g/mol. The molecule has 0 spiro atoms. The Kier molecular flexibility index (Phi) is 26.2. The number of nitrogens with two attached hydrogens (primary N) is 4. The molecule has 0 bridgehead atoms. The zero-order chi connectivity index (χ0) is 56.1. The van der Waals surface area contributed by atoms with E-state index >= 15 is 0 Å². The Bertz CT molecular complexity index is 2110. The SMILES string of the molecule is CC(C)CC(C(=O)O)(C(CCCC(=O)C(=O)O)[C@@](CCCC(=O)C(=O)O)(OC(=O)C(N)CCC(N)=O)C(=O)O)N(C)C(CCCC(=O)C(=O)O)[C@@](CCCC(=O)C(=O)O)(OC(=O)[C@@H](N)CCC(N)=O)C(=O)O. The lowest BCUT2D eigenvalue weighted by molar-refractivity contribution is -0.215. The minimum Gasteiger partial charge on any atom is -0.480 e. The summed E-state index contributed by atoms with van der Waals surface area (Å²) in [5, 5.41) is 71.9. The van der Waals surface area contributed by atoms with E-state index in [2.05, 4.69) is 0 Å². The highest BCUT2D eigenvalue weighted by molar-refractivity contribution is 6.33. The van der Waals surface area contributed by atoms with Crippen molar-refractivity contribution in [3.63, 3.8) is 0 Å². The number of hydrogen-bond acceptors (Lipinski definition) is 20. The lowest BCUT2D eigenvalue weighted by Crippen LogP contribution is -2.73. The van der Waals surface area contributed by atoms with Crippen molar-refractivity contribution >= 4 is 88.7 Å². The van der Waals surface area contributed by atoms with E-state index in [9.17, 15) is 108 Å². The van der Waals surface area contributed by atoms with E-state index in [1.54, 1.807) is 0 Å². The predicted octanol–water partition coefficient (Wildman–Crippen LogP) is -2.01. The maximum absolute atomic E-state index is 14.6. The van der Waals surface area contributed by atoms with Gasteiger partial charge in [0.05, 0.1) is 6.04 Å². The Morgan fingerprint density at radius 1 is 0.472 bits per heavy atom. The van der Waals surface area contributed by atoms with Gasteiger partial charge >= 0.3 is 53.7 Å². The largest absolute Gasteiger partial charge is 0.480 e. The molecule has 15 N–H and O–H groups in total. The molecule has 0 aromatic heterocycles. The standard InChI is InChI=1S/C43H63N5O24/c1-21(2)20-41(38(65)66,28(12-4-8-24(49)32(55)56)42(39(67)68,18-6-10-26(51)34(59)60)71-36(63)22(44)14-16-30(46)53)48(3)29(13-5-9-25(50)33(57)58)43(40(69)70,19-7-11-27(52)35(61)62)72-37(64)23(45)15-17-31(47)54/h21-23,28-29H,4-20,44-45H2,1-3H3,(H2,46,53)(H2,47,54)(H,55,56)(H,57,58)(H,59,60)(H,61,62)(H,65,66)(H,67,68)(H,69,70)/t22?,23-,28?,29?,41?,42+,43+/m0/s1. The summed E-state index contributed by atoms with van der Waals surface area (Å²) >= 11 is 0. The first kappa shape index (κ1) is 64.7. The Morgan fingerprint density at radius 2 is 0.806 bits per heavy atom. The number of carboxylic acid groups (broad SMARTS) is 7. The third-order valence-electron chi connectivity index (χ3n) is 11.8. The minimum absolute atomic E-state index is 0.604. The van der Waals surface area contributed by atoms with E-state index < -0.39 is 245 Å². The number of amides is 2. The van der Waals surface area contributed by atoms with Crippen molar-refractivity contribution in [3.8, 4) is 0 Å². The molecular formula is C43H63N5O24. The van der Waals surface area contributed by atoms with Gasteiger partial charge in [-0.05, 0) is 77.2 Å². The number of likely N-dealkylation sites (N-methyl/N-ethyl adjacent to an activating group) is 1. The lowest BCUT2D eigenvalue weighted by Gasteiger charge is -2.55. The Hall–Kier alpha value is -7.27. The van der Waals surface area contributed by atoms with Crippen molar-refractivity contribution in [2.45, 2.75) is 158 Å². The molecule has 2 amide bonds. The van der Waals surface area contributed by atoms with Gasteiger partial charge in [-0.3, -0.25) is 48.1 Å². The molecule has 0 aromatic carbocycles. The van der Waals surface area contributed by atoms with Crippen LogP contribution in [0.4, 0.5) is 0 Å². The molecule has 0 aliphatic heterocycles. The number of rotatable bonds is 40. The number of hydrogen-bond donors (Lipinski definition) is 11. The summed E-state index contributed by atoms with van der Waals surface area (Å²) in [6.07, 6.45) is -14.9. The number of carboxylic acids is 7. The maximum Gasteiger partial charge on any atom is 0.372 e. The highest BCUT2D eigenvalue weighted by Crippen LogP contribution is 2.49. The summed E-state index contributed by atoms with van der Waals surface area (Å²) in [6.45, 7) is 2.69. The van der Waals surface area contributed by atoms with Gasteiger partial charge < -0.3 is 68.2 Å². The summed E-state index contributed by atoms with van der Waals surface area (Å²) in [7, 11) is 0.817. The molecule has 4 unspecified atom stereocenters. The van der Waals surface area contributed by atoms with Crippen molar-refractivity contribution < 1.29 is 117 Å². The molecule has 0 saturated carbocycles. The quantitative estimate of drug-likeness (QED) is 0.0233. The summed E-state index contributed by atoms with van der Waals surface area (Å²) in [4.78, 5) is 191. The average Bonchev–Trinajstić information content (AvgIpc) is 3.27. The van der Waals surface area contributed by atoms with Gasteiger partial charge in [0.25, 0.3) is 0 Å². The first-order valence-electron chi connectivity index (χ1n) is 22.2. The average molecular weight is 1030 g/mol. The molecule has 0 rings (SSSR count). The van der Waals surface area contributed by atoms with Crippen LogP contribution < -0.4 is 22.9 Å². The molecule has 0 aliphatic rings. The summed E-state index contributed by atoms with van der Waals surface area (Å²) < 4.78 is 11.3. The molecule has 29 nitrogen and oxygen atoms in total. The third kappa shape index (κ3) is 18.5. The van der Waals surface area contributed by atoms with Crippen LogP contribution in [0.2, 0.25) is 0 Å². The topological polar surface area (TPSA) is 523 Å². The van der Waals surface area contributed by atoms with Crippen molar-refractivity contribution in [2.75, 3.05) is 7.05 Å². The van der Waals surface area contributed by atoms with Gasteiger partial charge in [0.15, 0.2) is 0 Å². The Morgan fingerprint density at radius 3 is 1.12 bits per heavy atom. The molecule has 404 valence electrons. The minimum atomic E-state index is -3.43. The van der Waals surface area contributed by atoms with E-state index in [0.717, 1.165) is 7.05 Å². The van der Waals surface area contributed by atoms with Crippen molar-refractivity contribution in [3.05, 3.63) is 0 Å². The van der Waals surface area contributed by atoms with Crippen LogP contribution in [0.5, 0.6) is 0 Å². The van der Waals surface area contributed by atoms with Crippen LogP contribution in [0.1, 0.15) is 123 Å². The van der Waals surface area contributed by atoms with E-state index in [0.29, 0.717) is 4.90 Å². The number of Topliss-reactive ketones (excluding diaryl/α,β-unsaturated/α-hetero) is 4. The van der Waals surface area contributed by atoms with Crippen LogP contribution in [0.3, 0.4) is 0 Å². The van der Waals surface area contributed by atoms with Gasteiger partial charge in [-0.15, -0.1) is 0 Å². The third-order valence-corrected chi connectivity index (χ3v) is 11.8. The molecule has 0 radical (unpaired) electrons. The Labute approximate surface area is 409 Å². The smallest absolute Gasteiger partial charge is 0.372 e. The van der Waals surface area contributed by atoms with E-state index in [-0.39, 0.29) is 0 Å². The molecule has 0 aromatic rings. The predicted molar refractivity (Wildman–Crippen MR) is 237 cm³/mol. The van der Waals surface area contributed by atoms with Gasteiger partial charge in [0, 0.05) is 50.9 Å². The second-order valence-electron chi connectivity index (χ2n) is 17.4. The van der Waals surface area contributed by atoms with Crippen molar-refractivity contribution in [1.82, 2.24) is 4.90 Å². The number of ether oxygens (including phenoxy) is 2. The van der Waals surface area contributed by atoms with E-state index in [1.807, 2.05) is 0 Å².